The zero-order valence-electron chi connectivity index (χ0n) is 9.18. The molecule has 0 fully saturated rings. The van der Waals surface area contributed by atoms with E-state index in [2.05, 4.69) is 22.3 Å². The second-order valence-corrected chi connectivity index (χ2v) is 3.91. The topological polar surface area (TPSA) is 64.3 Å². The van der Waals surface area contributed by atoms with Crippen LogP contribution in [0.4, 0.5) is 13.2 Å². The Morgan fingerprint density at radius 2 is 2.00 bits per heavy atom. The fourth-order valence-corrected chi connectivity index (χ4v) is 1.11. The van der Waals surface area contributed by atoms with Crippen molar-refractivity contribution in [2.24, 2.45) is 5.73 Å². The van der Waals surface area contributed by atoms with Crippen LogP contribution in [0.2, 0.25) is 0 Å². The molecule has 0 saturated carbocycles. The SMILES string of the molecule is NC(=S)CCCCNC(=O)COCC(F)(F)F. The van der Waals surface area contributed by atoms with E-state index in [1.165, 1.54) is 0 Å². The minimum absolute atomic E-state index is 0.372. The highest BCUT2D eigenvalue weighted by molar-refractivity contribution is 7.80. The second-order valence-electron chi connectivity index (χ2n) is 3.38. The molecule has 0 aliphatic heterocycles. The number of alkyl halides is 3. The molecule has 0 saturated heterocycles. The molecule has 8 heteroatoms. The van der Waals surface area contributed by atoms with Gasteiger partial charge in [-0.05, 0) is 19.3 Å². The molecule has 0 bridgehead atoms. The van der Waals surface area contributed by atoms with Crippen LogP contribution < -0.4 is 11.1 Å². The van der Waals surface area contributed by atoms with Crippen LogP contribution in [0.5, 0.6) is 0 Å². The zero-order chi connectivity index (χ0) is 13.3. The number of ether oxygens (including phenoxy) is 1. The van der Waals surface area contributed by atoms with Gasteiger partial charge in [0.15, 0.2) is 0 Å². The number of amides is 1. The smallest absolute Gasteiger partial charge is 0.393 e. The van der Waals surface area contributed by atoms with Crippen LogP contribution >= 0.6 is 12.2 Å². The van der Waals surface area contributed by atoms with Crippen LogP contribution in [0.1, 0.15) is 19.3 Å². The number of rotatable bonds is 8. The molecule has 1 amide bonds. The van der Waals surface area contributed by atoms with Crippen molar-refractivity contribution in [1.29, 1.82) is 0 Å². The van der Waals surface area contributed by atoms with Crippen molar-refractivity contribution in [3.05, 3.63) is 0 Å². The third kappa shape index (κ3) is 13.0. The normalized spacial score (nSPS) is 11.2. The van der Waals surface area contributed by atoms with Gasteiger partial charge in [-0.3, -0.25) is 4.79 Å². The maximum Gasteiger partial charge on any atom is 0.411 e. The molecule has 0 heterocycles. The molecule has 17 heavy (non-hydrogen) atoms. The lowest BCUT2D eigenvalue weighted by Gasteiger charge is -2.08. The largest absolute Gasteiger partial charge is 0.411 e. The van der Waals surface area contributed by atoms with E-state index in [4.69, 9.17) is 5.73 Å². The van der Waals surface area contributed by atoms with Gasteiger partial charge in [-0.2, -0.15) is 13.2 Å². The number of carbonyl (C=O) groups excluding carboxylic acids is 1. The van der Waals surface area contributed by atoms with Crippen molar-refractivity contribution in [1.82, 2.24) is 5.32 Å². The second kappa shape index (κ2) is 8.24. The summed E-state index contributed by atoms with van der Waals surface area (Å²) in [6.07, 6.45) is -2.41. The maximum atomic E-state index is 11.7. The van der Waals surface area contributed by atoms with Crippen LogP contribution in [0.3, 0.4) is 0 Å². The predicted molar refractivity (Wildman–Crippen MR) is 60.5 cm³/mol. The van der Waals surface area contributed by atoms with Crippen LogP contribution in [0, 0.1) is 0 Å². The summed E-state index contributed by atoms with van der Waals surface area (Å²) in [5.41, 5.74) is 5.26. The van der Waals surface area contributed by atoms with Crippen molar-refractivity contribution in [2.75, 3.05) is 19.8 Å². The molecule has 3 N–H and O–H groups in total. The molecule has 0 aromatic heterocycles. The molecule has 0 aliphatic rings. The molecule has 0 aliphatic carbocycles. The van der Waals surface area contributed by atoms with E-state index in [0.29, 0.717) is 24.4 Å². The summed E-state index contributed by atoms with van der Waals surface area (Å²) in [4.78, 5) is 11.4. The Balaban J connectivity index is 3.38. The summed E-state index contributed by atoms with van der Waals surface area (Å²) in [6.45, 7) is -1.63. The van der Waals surface area contributed by atoms with Gasteiger partial charge in [-0.25, -0.2) is 0 Å². The summed E-state index contributed by atoms with van der Waals surface area (Å²) < 4.78 is 39.1. The van der Waals surface area contributed by atoms with Gasteiger partial charge >= 0.3 is 6.18 Å². The van der Waals surface area contributed by atoms with Gasteiger partial charge in [0.2, 0.25) is 5.91 Å². The standard InChI is InChI=1S/C9H15F3N2O2S/c10-9(11,12)6-16-5-8(15)14-4-2-1-3-7(13)17/h1-6H2,(H2,13,17)(H,14,15). The molecule has 100 valence electrons. The summed E-state index contributed by atoms with van der Waals surface area (Å²) in [5.74, 6) is -0.565. The first kappa shape index (κ1) is 16.1. The summed E-state index contributed by atoms with van der Waals surface area (Å²) in [6, 6.07) is 0. The van der Waals surface area contributed by atoms with Crippen molar-refractivity contribution >= 4 is 23.1 Å². The van der Waals surface area contributed by atoms with Crippen molar-refractivity contribution < 1.29 is 22.7 Å². The fraction of sp³-hybridized carbons (Fsp3) is 0.778. The van der Waals surface area contributed by atoms with Gasteiger partial charge in [0.25, 0.3) is 0 Å². The van der Waals surface area contributed by atoms with E-state index in [1.807, 2.05) is 0 Å². The van der Waals surface area contributed by atoms with Gasteiger partial charge < -0.3 is 15.8 Å². The number of hydrogen-bond acceptors (Lipinski definition) is 3. The van der Waals surface area contributed by atoms with Crippen LogP contribution in [0.25, 0.3) is 0 Å². The van der Waals surface area contributed by atoms with Crippen molar-refractivity contribution in [3.63, 3.8) is 0 Å². The molecule has 0 unspecified atom stereocenters. The Hall–Kier alpha value is -0.890. The Morgan fingerprint density at radius 3 is 2.53 bits per heavy atom. The quantitative estimate of drug-likeness (QED) is 0.514. The first-order valence-electron chi connectivity index (χ1n) is 5.01. The molecular formula is C9H15F3N2O2S. The monoisotopic (exact) mass is 272 g/mol. The average Bonchev–Trinajstić information content (AvgIpc) is 2.14. The Kier molecular flexibility index (Phi) is 7.81. The van der Waals surface area contributed by atoms with Gasteiger partial charge in [0.05, 0.1) is 4.99 Å². The molecule has 0 aromatic carbocycles. The van der Waals surface area contributed by atoms with E-state index in [1.54, 1.807) is 0 Å². The Bertz CT molecular complexity index is 259. The predicted octanol–water partition coefficient (Wildman–Crippen LogP) is 1.14. The first-order chi connectivity index (χ1) is 7.81. The Labute approximate surface area is 103 Å². The molecular weight excluding hydrogens is 257 g/mol. The summed E-state index contributed by atoms with van der Waals surface area (Å²) in [7, 11) is 0. The fourth-order valence-electron chi connectivity index (χ4n) is 0.963. The summed E-state index contributed by atoms with van der Waals surface area (Å²) >= 11 is 4.65. The maximum absolute atomic E-state index is 11.7. The molecule has 0 rings (SSSR count). The van der Waals surface area contributed by atoms with Crippen LogP contribution in [-0.4, -0.2) is 36.8 Å². The van der Waals surface area contributed by atoms with E-state index >= 15 is 0 Å². The van der Waals surface area contributed by atoms with Gasteiger partial charge in [0.1, 0.15) is 13.2 Å². The van der Waals surface area contributed by atoms with Crippen LogP contribution in [0.15, 0.2) is 0 Å². The Morgan fingerprint density at radius 1 is 1.35 bits per heavy atom. The molecule has 4 nitrogen and oxygen atoms in total. The highest BCUT2D eigenvalue weighted by Gasteiger charge is 2.27. The van der Waals surface area contributed by atoms with Crippen molar-refractivity contribution in [2.45, 2.75) is 25.4 Å². The molecule has 0 atom stereocenters. The lowest BCUT2D eigenvalue weighted by atomic mass is 10.2. The van der Waals surface area contributed by atoms with Gasteiger partial charge in [-0.15, -0.1) is 0 Å². The minimum Gasteiger partial charge on any atom is -0.393 e. The number of hydrogen-bond donors (Lipinski definition) is 2. The highest BCUT2D eigenvalue weighted by Crippen LogP contribution is 2.13. The van der Waals surface area contributed by atoms with E-state index < -0.39 is 25.3 Å². The third-order valence-corrected chi connectivity index (χ3v) is 1.88. The average molecular weight is 272 g/mol. The number of halogens is 3. The molecule has 0 aromatic rings. The highest BCUT2D eigenvalue weighted by atomic mass is 32.1. The van der Waals surface area contributed by atoms with Gasteiger partial charge in [-0.1, -0.05) is 12.2 Å². The molecule has 0 radical (unpaired) electrons. The molecule has 0 spiro atoms. The number of nitrogens with two attached hydrogens (primary N) is 1. The van der Waals surface area contributed by atoms with E-state index in [0.717, 1.165) is 6.42 Å². The lowest BCUT2D eigenvalue weighted by Crippen LogP contribution is -2.30. The zero-order valence-corrected chi connectivity index (χ0v) is 10.00. The van der Waals surface area contributed by atoms with E-state index in [9.17, 15) is 18.0 Å². The first-order valence-corrected chi connectivity index (χ1v) is 5.41. The minimum atomic E-state index is -4.41. The lowest BCUT2D eigenvalue weighted by molar-refractivity contribution is -0.175. The van der Waals surface area contributed by atoms with Gasteiger partial charge in [0, 0.05) is 6.54 Å². The number of thiocarbonyl (C=S) groups is 1. The van der Waals surface area contributed by atoms with Crippen LogP contribution in [-0.2, 0) is 9.53 Å². The van der Waals surface area contributed by atoms with E-state index in [-0.39, 0.29) is 0 Å². The van der Waals surface area contributed by atoms with Crippen molar-refractivity contribution in [3.8, 4) is 0 Å². The number of unbranched alkanes of at least 4 members (excludes halogenated alkanes) is 1. The number of carbonyl (C=O) groups is 1. The summed E-state index contributed by atoms with van der Waals surface area (Å²) in [5, 5.41) is 2.43. The third-order valence-electron chi connectivity index (χ3n) is 1.67. The number of nitrogens with one attached hydrogen (secondary N) is 1.